The third-order valence-electron chi connectivity index (χ3n) is 3.24. The van der Waals surface area contributed by atoms with Crippen LogP contribution >= 0.6 is 0 Å². The normalized spacial score (nSPS) is 13.6. The Labute approximate surface area is 115 Å². The zero-order chi connectivity index (χ0) is 14.3. The van der Waals surface area contributed by atoms with Crippen molar-refractivity contribution in [2.75, 3.05) is 4.90 Å². The van der Waals surface area contributed by atoms with E-state index >= 15 is 0 Å². The van der Waals surface area contributed by atoms with Gasteiger partial charge in [-0.15, -0.1) is 0 Å². The third kappa shape index (κ3) is 1.82. The number of rotatable bonds is 2. The standard InChI is InChI=1S/C14H10BNO4/c17-13-11-3-1-2-4-12(11)14(18)16(13)10-7-5-9(6-8-10)15(19)20/h1-8,19-20H. The molecule has 5 nitrogen and oxygen atoms in total. The minimum absolute atomic E-state index is 0.297. The summed E-state index contributed by atoms with van der Waals surface area (Å²) in [6, 6.07) is 12.6. The van der Waals surface area contributed by atoms with Crippen LogP contribution in [0.3, 0.4) is 0 Å². The summed E-state index contributed by atoms with van der Waals surface area (Å²) in [5.41, 5.74) is 1.46. The molecule has 0 atom stereocenters. The smallest absolute Gasteiger partial charge is 0.423 e. The van der Waals surface area contributed by atoms with E-state index in [9.17, 15) is 9.59 Å². The first-order valence-corrected chi connectivity index (χ1v) is 6.03. The molecular formula is C14H10BNO4. The second-order valence-corrected chi connectivity index (χ2v) is 4.46. The molecule has 0 saturated carbocycles. The first-order valence-electron chi connectivity index (χ1n) is 6.03. The number of imide groups is 1. The van der Waals surface area contributed by atoms with Crippen LogP contribution in [0.1, 0.15) is 20.7 Å². The average molecular weight is 267 g/mol. The molecule has 0 fully saturated rings. The first kappa shape index (κ1) is 12.6. The Kier molecular flexibility index (Phi) is 2.89. The van der Waals surface area contributed by atoms with Crippen LogP contribution in [0.15, 0.2) is 48.5 Å². The Morgan fingerprint density at radius 2 is 1.30 bits per heavy atom. The minimum Gasteiger partial charge on any atom is -0.423 e. The molecule has 2 aromatic carbocycles. The maximum Gasteiger partial charge on any atom is 0.488 e. The summed E-state index contributed by atoms with van der Waals surface area (Å²) in [5, 5.41) is 18.1. The van der Waals surface area contributed by atoms with Gasteiger partial charge in [0.15, 0.2) is 0 Å². The highest BCUT2D eigenvalue weighted by Gasteiger charge is 2.36. The zero-order valence-corrected chi connectivity index (χ0v) is 10.4. The number of carbonyl (C=O) groups is 2. The van der Waals surface area contributed by atoms with E-state index in [0.717, 1.165) is 4.90 Å². The van der Waals surface area contributed by atoms with Gasteiger partial charge in [-0.2, -0.15) is 0 Å². The summed E-state index contributed by atoms with van der Waals surface area (Å²) >= 11 is 0. The highest BCUT2D eigenvalue weighted by Crippen LogP contribution is 2.27. The molecule has 0 radical (unpaired) electrons. The van der Waals surface area contributed by atoms with Crippen molar-refractivity contribution in [1.29, 1.82) is 0 Å². The van der Waals surface area contributed by atoms with Gasteiger partial charge in [0, 0.05) is 0 Å². The van der Waals surface area contributed by atoms with Crippen molar-refractivity contribution in [3.05, 3.63) is 59.7 Å². The van der Waals surface area contributed by atoms with E-state index < -0.39 is 7.12 Å². The number of hydrogen-bond donors (Lipinski definition) is 2. The molecule has 98 valence electrons. The second kappa shape index (κ2) is 4.59. The van der Waals surface area contributed by atoms with Crippen LogP contribution in [0.25, 0.3) is 0 Å². The molecule has 2 N–H and O–H groups in total. The first-order chi connectivity index (χ1) is 9.59. The fourth-order valence-corrected chi connectivity index (χ4v) is 2.22. The van der Waals surface area contributed by atoms with E-state index in [4.69, 9.17) is 10.0 Å². The molecule has 3 rings (SSSR count). The molecular weight excluding hydrogens is 257 g/mol. The van der Waals surface area contributed by atoms with E-state index in [1.54, 1.807) is 24.3 Å². The average Bonchev–Trinajstić information content (AvgIpc) is 2.72. The maximum absolute atomic E-state index is 12.2. The SMILES string of the molecule is O=C1c2ccccc2C(=O)N1c1ccc(B(O)O)cc1. The van der Waals surface area contributed by atoms with Gasteiger partial charge < -0.3 is 10.0 Å². The summed E-state index contributed by atoms with van der Waals surface area (Å²) in [6.45, 7) is 0. The van der Waals surface area contributed by atoms with Crippen molar-refractivity contribution < 1.29 is 19.6 Å². The van der Waals surface area contributed by atoms with E-state index in [1.165, 1.54) is 24.3 Å². The van der Waals surface area contributed by atoms with Gasteiger partial charge in [-0.3, -0.25) is 9.59 Å². The highest BCUT2D eigenvalue weighted by atomic mass is 16.4. The second-order valence-electron chi connectivity index (χ2n) is 4.46. The largest absolute Gasteiger partial charge is 0.488 e. The van der Waals surface area contributed by atoms with Crippen molar-refractivity contribution in [2.45, 2.75) is 0 Å². The molecule has 1 aliphatic rings. The van der Waals surface area contributed by atoms with Crippen LogP contribution in [0, 0.1) is 0 Å². The minimum atomic E-state index is -1.58. The molecule has 0 saturated heterocycles. The number of amides is 2. The van der Waals surface area contributed by atoms with E-state index in [-0.39, 0.29) is 11.8 Å². The molecule has 0 aliphatic carbocycles. The quantitative estimate of drug-likeness (QED) is 0.600. The molecule has 1 aliphatic heterocycles. The fourth-order valence-electron chi connectivity index (χ4n) is 2.22. The van der Waals surface area contributed by atoms with Gasteiger partial charge in [-0.1, -0.05) is 24.3 Å². The summed E-state index contributed by atoms with van der Waals surface area (Å²) in [4.78, 5) is 25.5. The topological polar surface area (TPSA) is 77.8 Å². The Balaban J connectivity index is 2.00. The van der Waals surface area contributed by atoms with Crippen LogP contribution in [0.4, 0.5) is 5.69 Å². The van der Waals surface area contributed by atoms with Crippen molar-refractivity contribution >= 4 is 30.1 Å². The molecule has 0 unspecified atom stereocenters. The lowest BCUT2D eigenvalue weighted by Gasteiger charge is -2.14. The number of anilines is 1. The van der Waals surface area contributed by atoms with Gasteiger partial charge in [-0.05, 0) is 29.7 Å². The summed E-state index contributed by atoms with van der Waals surface area (Å²) < 4.78 is 0. The van der Waals surface area contributed by atoms with Crippen molar-refractivity contribution in [3.8, 4) is 0 Å². The van der Waals surface area contributed by atoms with Crippen molar-refractivity contribution in [1.82, 2.24) is 0 Å². The number of carbonyl (C=O) groups excluding carboxylic acids is 2. The summed E-state index contributed by atoms with van der Waals surface area (Å²) in [7, 11) is -1.58. The lowest BCUT2D eigenvalue weighted by atomic mass is 9.80. The summed E-state index contributed by atoms with van der Waals surface area (Å²) in [5.74, 6) is -0.745. The predicted molar refractivity (Wildman–Crippen MR) is 73.8 cm³/mol. The number of fused-ring (bicyclic) bond motifs is 1. The van der Waals surface area contributed by atoms with Crippen molar-refractivity contribution in [3.63, 3.8) is 0 Å². The molecule has 2 amide bonds. The van der Waals surface area contributed by atoms with Crippen LogP contribution in [0.5, 0.6) is 0 Å². The Morgan fingerprint density at radius 1 is 0.800 bits per heavy atom. The molecule has 6 heteroatoms. The Bertz CT molecular complexity index is 662. The fraction of sp³-hybridized carbons (Fsp3) is 0. The number of nitrogens with zero attached hydrogens (tertiary/aromatic N) is 1. The number of hydrogen-bond acceptors (Lipinski definition) is 4. The molecule has 0 aromatic heterocycles. The van der Waals surface area contributed by atoms with Crippen LogP contribution in [-0.2, 0) is 0 Å². The van der Waals surface area contributed by atoms with Gasteiger partial charge in [-0.25, -0.2) is 4.90 Å². The maximum atomic E-state index is 12.2. The van der Waals surface area contributed by atoms with Gasteiger partial charge in [0.1, 0.15) is 0 Å². The van der Waals surface area contributed by atoms with E-state index in [2.05, 4.69) is 0 Å². The van der Waals surface area contributed by atoms with Gasteiger partial charge in [0.2, 0.25) is 0 Å². The Hall–Kier alpha value is -2.44. The predicted octanol–water partition coefficient (Wildman–Crippen LogP) is 0.167. The van der Waals surface area contributed by atoms with Crippen LogP contribution < -0.4 is 10.4 Å². The van der Waals surface area contributed by atoms with Gasteiger partial charge in [0.25, 0.3) is 11.8 Å². The lowest BCUT2D eigenvalue weighted by molar-refractivity contribution is 0.0926. The van der Waals surface area contributed by atoms with Crippen molar-refractivity contribution in [2.24, 2.45) is 0 Å². The van der Waals surface area contributed by atoms with Gasteiger partial charge in [0.05, 0.1) is 16.8 Å². The van der Waals surface area contributed by atoms with Crippen LogP contribution in [-0.4, -0.2) is 29.0 Å². The van der Waals surface area contributed by atoms with E-state index in [0.29, 0.717) is 22.3 Å². The molecule has 2 aromatic rings. The Morgan fingerprint density at radius 3 is 1.75 bits per heavy atom. The lowest BCUT2D eigenvalue weighted by Crippen LogP contribution is -2.32. The zero-order valence-electron chi connectivity index (χ0n) is 10.4. The highest BCUT2D eigenvalue weighted by molar-refractivity contribution is 6.58. The van der Waals surface area contributed by atoms with Crippen LogP contribution in [0.2, 0.25) is 0 Å². The van der Waals surface area contributed by atoms with E-state index in [1.807, 2.05) is 0 Å². The summed E-state index contributed by atoms with van der Waals surface area (Å²) in [6.07, 6.45) is 0. The molecule has 1 heterocycles. The monoisotopic (exact) mass is 267 g/mol. The third-order valence-corrected chi connectivity index (χ3v) is 3.24. The molecule has 0 spiro atoms. The number of benzene rings is 2. The van der Waals surface area contributed by atoms with Gasteiger partial charge >= 0.3 is 7.12 Å². The molecule has 20 heavy (non-hydrogen) atoms. The molecule has 0 bridgehead atoms.